The molecule has 5 nitrogen and oxygen atoms in total. The molecule has 0 aliphatic heterocycles. The molecule has 0 radical (unpaired) electrons. The molecule has 0 saturated carbocycles. The highest BCUT2D eigenvalue weighted by Crippen LogP contribution is 2.20. The first kappa shape index (κ1) is 12.7. The Morgan fingerprint density at radius 3 is 2.56 bits per heavy atom. The molecule has 1 aromatic rings. The van der Waals surface area contributed by atoms with Crippen molar-refractivity contribution in [1.29, 1.82) is 0 Å². The maximum absolute atomic E-state index is 11.5. The predicted molar refractivity (Wildman–Crippen MR) is 58.2 cm³/mol. The minimum absolute atomic E-state index is 0.352. The molecular weight excluding hydrogens is 210 g/mol. The first-order valence-electron chi connectivity index (χ1n) is 5.06. The molecule has 90 valence electrons. The van der Waals surface area contributed by atoms with E-state index in [4.69, 9.17) is 14.2 Å². The lowest BCUT2D eigenvalue weighted by Crippen LogP contribution is -2.08. The second kappa shape index (κ2) is 5.67. The predicted octanol–water partition coefficient (Wildman–Crippen LogP) is 1.79. The third-order valence-corrected chi connectivity index (χ3v) is 2.20. The van der Waals surface area contributed by atoms with Gasteiger partial charge in [-0.2, -0.15) is 0 Å². The van der Waals surface area contributed by atoms with E-state index in [1.165, 1.54) is 14.2 Å². The molecule has 0 fully saturated rings. The third-order valence-electron chi connectivity index (χ3n) is 2.20. The average Bonchev–Trinajstić information content (AvgIpc) is 2.63. The molecule has 1 aromatic heterocycles. The number of rotatable bonds is 5. The molecule has 0 aromatic carbocycles. The largest absolute Gasteiger partial charge is 0.461 e. The standard InChI is InChI=1S/C11H17NO4/c1-5-16-10(13)9-7(2)6-8(12-9)11(14-3)15-4/h6,11-12H,5H2,1-4H3. The molecule has 0 atom stereocenters. The Hall–Kier alpha value is -1.33. The Bertz CT molecular complexity index is 355. The second-order valence-corrected chi connectivity index (χ2v) is 3.31. The molecule has 16 heavy (non-hydrogen) atoms. The van der Waals surface area contributed by atoms with Gasteiger partial charge in [0.05, 0.1) is 12.3 Å². The zero-order chi connectivity index (χ0) is 12.1. The van der Waals surface area contributed by atoms with Crippen molar-refractivity contribution >= 4 is 5.97 Å². The van der Waals surface area contributed by atoms with Gasteiger partial charge in [-0.15, -0.1) is 0 Å². The highest BCUT2D eigenvalue weighted by Gasteiger charge is 2.18. The van der Waals surface area contributed by atoms with Crippen LogP contribution in [-0.4, -0.2) is 31.8 Å². The SMILES string of the molecule is CCOC(=O)c1[nH]c(C(OC)OC)cc1C. The minimum atomic E-state index is -0.498. The summed E-state index contributed by atoms with van der Waals surface area (Å²) in [6, 6.07) is 1.81. The van der Waals surface area contributed by atoms with Crippen LogP contribution in [0.2, 0.25) is 0 Å². The number of ether oxygens (including phenoxy) is 3. The molecule has 5 heteroatoms. The number of hydrogen-bond donors (Lipinski definition) is 1. The van der Waals surface area contributed by atoms with E-state index in [1.54, 1.807) is 6.92 Å². The molecule has 0 bridgehead atoms. The van der Waals surface area contributed by atoms with Crippen LogP contribution in [0.15, 0.2) is 6.07 Å². The average molecular weight is 227 g/mol. The van der Waals surface area contributed by atoms with Gasteiger partial charge >= 0.3 is 5.97 Å². The molecule has 0 spiro atoms. The van der Waals surface area contributed by atoms with Gasteiger partial charge in [-0.3, -0.25) is 0 Å². The van der Waals surface area contributed by atoms with Crippen LogP contribution in [0.5, 0.6) is 0 Å². The van der Waals surface area contributed by atoms with Gasteiger partial charge in [0, 0.05) is 14.2 Å². The summed E-state index contributed by atoms with van der Waals surface area (Å²) in [6.07, 6.45) is -0.498. The molecule has 0 unspecified atom stereocenters. The summed E-state index contributed by atoms with van der Waals surface area (Å²) in [5.41, 5.74) is 1.95. The van der Waals surface area contributed by atoms with E-state index in [9.17, 15) is 4.79 Å². The Labute approximate surface area is 94.7 Å². The highest BCUT2D eigenvalue weighted by atomic mass is 16.7. The molecule has 1 N–H and O–H groups in total. The number of carbonyl (C=O) groups excluding carboxylic acids is 1. The normalized spacial score (nSPS) is 10.8. The van der Waals surface area contributed by atoms with Gasteiger partial charge in [-0.05, 0) is 25.5 Å². The number of esters is 1. The Morgan fingerprint density at radius 1 is 1.44 bits per heavy atom. The molecule has 0 aliphatic rings. The van der Waals surface area contributed by atoms with Crippen molar-refractivity contribution in [3.63, 3.8) is 0 Å². The fourth-order valence-corrected chi connectivity index (χ4v) is 1.48. The quantitative estimate of drug-likeness (QED) is 0.615. The summed E-state index contributed by atoms with van der Waals surface area (Å²) < 4.78 is 15.1. The Balaban J connectivity index is 2.92. The van der Waals surface area contributed by atoms with Gasteiger partial charge in [0.25, 0.3) is 0 Å². The molecule has 1 rings (SSSR count). The number of aryl methyl sites for hydroxylation is 1. The topological polar surface area (TPSA) is 60.6 Å². The van der Waals surface area contributed by atoms with Crippen molar-refractivity contribution in [1.82, 2.24) is 4.98 Å². The number of methoxy groups -OCH3 is 2. The summed E-state index contributed by atoms with van der Waals surface area (Å²) in [6.45, 7) is 3.95. The van der Waals surface area contributed by atoms with E-state index >= 15 is 0 Å². The zero-order valence-electron chi connectivity index (χ0n) is 9.99. The molecule has 1 heterocycles. The number of nitrogens with one attached hydrogen (secondary N) is 1. The Morgan fingerprint density at radius 2 is 2.06 bits per heavy atom. The molecule has 0 aliphatic carbocycles. The van der Waals surface area contributed by atoms with E-state index in [0.29, 0.717) is 18.0 Å². The van der Waals surface area contributed by atoms with E-state index < -0.39 is 6.29 Å². The van der Waals surface area contributed by atoms with Crippen molar-refractivity contribution in [2.45, 2.75) is 20.1 Å². The number of carbonyl (C=O) groups is 1. The highest BCUT2D eigenvalue weighted by molar-refractivity contribution is 5.89. The van der Waals surface area contributed by atoms with Crippen LogP contribution in [0.3, 0.4) is 0 Å². The summed E-state index contributed by atoms with van der Waals surface area (Å²) in [5, 5.41) is 0. The first-order valence-corrected chi connectivity index (χ1v) is 5.06. The van der Waals surface area contributed by atoms with E-state index in [0.717, 1.165) is 5.56 Å². The maximum atomic E-state index is 11.5. The van der Waals surface area contributed by atoms with Crippen LogP contribution in [0.1, 0.15) is 35.0 Å². The lowest BCUT2D eigenvalue weighted by molar-refractivity contribution is -0.108. The lowest BCUT2D eigenvalue weighted by atomic mass is 10.2. The number of H-pyrrole nitrogens is 1. The van der Waals surface area contributed by atoms with Crippen LogP contribution in [0, 0.1) is 6.92 Å². The van der Waals surface area contributed by atoms with Gasteiger partial charge in [-0.25, -0.2) is 4.79 Å². The molecular formula is C11H17NO4. The number of aromatic nitrogens is 1. The summed E-state index contributed by atoms with van der Waals surface area (Å²) >= 11 is 0. The van der Waals surface area contributed by atoms with Gasteiger partial charge in [0.15, 0.2) is 6.29 Å². The number of hydrogen-bond acceptors (Lipinski definition) is 4. The molecule has 0 saturated heterocycles. The van der Waals surface area contributed by atoms with Crippen molar-refractivity contribution < 1.29 is 19.0 Å². The van der Waals surface area contributed by atoms with Crippen molar-refractivity contribution in [2.75, 3.05) is 20.8 Å². The first-order chi connectivity index (χ1) is 7.63. The van der Waals surface area contributed by atoms with Crippen LogP contribution in [0.25, 0.3) is 0 Å². The third kappa shape index (κ3) is 2.62. The van der Waals surface area contributed by atoms with Crippen LogP contribution in [0.4, 0.5) is 0 Å². The number of aromatic amines is 1. The van der Waals surface area contributed by atoms with Crippen LogP contribution >= 0.6 is 0 Å². The van der Waals surface area contributed by atoms with Crippen LogP contribution < -0.4 is 0 Å². The fourth-order valence-electron chi connectivity index (χ4n) is 1.48. The van der Waals surface area contributed by atoms with E-state index in [1.807, 2.05) is 13.0 Å². The minimum Gasteiger partial charge on any atom is -0.461 e. The smallest absolute Gasteiger partial charge is 0.355 e. The summed E-state index contributed by atoms with van der Waals surface area (Å²) in [4.78, 5) is 14.5. The van der Waals surface area contributed by atoms with E-state index in [-0.39, 0.29) is 5.97 Å². The van der Waals surface area contributed by atoms with Crippen molar-refractivity contribution in [3.05, 3.63) is 23.0 Å². The maximum Gasteiger partial charge on any atom is 0.355 e. The second-order valence-electron chi connectivity index (χ2n) is 3.31. The van der Waals surface area contributed by atoms with Crippen molar-refractivity contribution in [2.24, 2.45) is 0 Å². The lowest BCUT2D eigenvalue weighted by Gasteiger charge is -2.10. The summed E-state index contributed by atoms with van der Waals surface area (Å²) in [7, 11) is 3.07. The van der Waals surface area contributed by atoms with Crippen molar-refractivity contribution in [3.8, 4) is 0 Å². The van der Waals surface area contributed by atoms with Gasteiger partial charge < -0.3 is 19.2 Å². The van der Waals surface area contributed by atoms with E-state index in [2.05, 4.69) is 4.98 Å². The van der Waals surface area contributed by atoms with Gasteiger partial charge in [-0.1, -0.05) is 0 Å². The summed E-state index contributed by atoms with van der Waals surface area (Å²) in [5.74, 6) is -0.364. The Kier molecular flexibility index (Phi) is 4.52. The fraction of sp³-hybridized carbons (Fsp3) is 0.545. The zero-order valence-corrected chi connectivity index (χ0v) is 9.99. The van der Waals surface area contributed by atoms with Gasteiger partial charge in [0.2, 0.25) is 0 Å². The van der Waals surface area contributed by atoms with Crippen LogP contribution in [-0.2, 0) is 14.2 Å². The molecule has 0 amide bonds. The van der Waals surface area contributed by atoms with Gasteiger partial charge in [0.1, 0.15) is 5.69 Å². The monoisotopic (exact) mass is 227 g/mol.